The van der Waals surface area contributed by atoms with Gasteiger partial charge in [0.25, 0.3) is 0 Å². The lowest BCUT2D eigenvalue weighted by molar-refractivity contribution is 0.198. The van der Waals surface area contributed by atoms with Crippen molar-refractivity contribution in [2.45, 2.75) is 25.3 Å². The summed E-state index contributed by atoms with van der Waals surface area (Å²) in [4.78, 5) is 2.56. The molecular weight excluding hydrogens is 412 g/mol. The van der Waals surface area contributed by atoms with Gasteiger partial charge in [0.2, 0.25) is 0 Å². The lowest BCUT2D eigenvalue weighted by atomic mass is 10.0. The molecule has 28 heavy (non-hydrogen) atoms. The van der Waals surface area contributed by atoms with E-state index in [0.717, 1.165) is 42.9 Å². The monoisotopic (exact) mass is 438 g/mol. The first-order valence-corrected chi connectivity index (χ1v) is 10.9. The van der Waals surface area contributed by atoms with Crippen LogP contribution in [-0.4, -0.2) is 37.2 Å². The van der Waals surface area contributed by atoms with Crippen LogP contribution in [-0.2, 0) is 0 Å². The molecule has 0 aromatic heterocycles. The molecule has 1 fully saturated rings. The molecule has 0 bridgehead atoms. The van der Waals surface area contributed by atoms with Crippen molar-refractivity contribution < 1.29 is 4.74 Å². The topological polar surface area (TPSA) is 24.5 Å². The Morgan fingerprint density at radius 2 is 1.68 bits per heavy atom. The molecule has 1 aliphatic rings. The third kappa shape index (κ3) is 5.06. The lowest BCUT2D eigenvalue weighted by Gasteiger charge is -2.33. The van der Waals surface area contributed by atoms with E-state index in [-0.39, 0.29) is 0 Å². The van der Waals surface area contributed by atoms with Crippen LogP contribution in [0.5, 0.6) is 5.75 Å². The Labute approximate surface area is 175 Å². The van der Waals surface area contributed by atoms with E-state index in [1.807, 2.05) is 24.3 Å². The Balaban J connectivity index is 1.20. The number of fused-ring (bicyclic) bond motifs is 1. The minimum Gasteiger partial charge on any atom is -0.494 e. The van der Waals surface area contributed by atoms with Crippen molar-refractivity contribution in [2.24, 2.45) is 0 Å². The number of anilines is 1. The fourth-order valence-corrected chi connectivity index (χ4v) is 4.15. The van der Waals surface area contributed by atoms with E-state index >= 15 is 0 Å². The van der Waals surface area contributed by atoms with Crippen molar-refractivity contribution in [3.8, 4) is 5.75 Å². The van der Waals surface area contributed by atoms with Crippen molar-refractivity contribution in [3.05, 3.63) is 71.2 Å². The van der Waals surface area contributed by atoms with Crippen LogP contribution in [0.1, 0.15) is 19.3 Å². The molecule has 0 atom stereocenters. The van der Waals surface area contributed by atoms with Crippen LogP contribution in [0.25, 0.3) is 10.8 Å². The summed E-state index contributed by atoms with van der Waals surface area (Å²) >= 11 is 3.45. The Kier molecular flexibility index (Phi) is 6.50. The number of piperidine rings is 1. The van der Waals surface area contributed by atoms with E-state index in [4.69, 9.17) is 4.74 Å². The summed E-state index contributed by atoms with van der Waals surface area (Å²) in [6.07, 6.45) is 3.45. The van der Waals surface area contributed by atoms with E-state index < -0.39 is 0 Å². The number of hydrogen-bond acceptors (Lipinski definition) is 3. The van der Waals surface area contributed by atoms with E-state index in [0.29, 0.717) is 6.04 Å². The second kappa shape index (κ2) is 9.44. The van der Waals surface area contributed by atoms with E-state index in [9.17, 15) is 0 Å². The van der Waals surface area contributed by atoms with Gasteiger partial charge in [-0.15, -0.1) is 0 Å². The fourth-order valence-electron chi connectivity index (χ4n) is 3.88. The van der Waals surface area contributed by atoms with E-state index in [1.54, 1.807) is 0 Å². The number of likely N-dealkylation sites (tertiary alicyclic amines) is 1. The van der Waals surface area contributed by atoms with Gasteiger partial charge in [-0.05, 0) is 55.0 Å². The summed E-state index contributed by atoms with van der Waals surface area (Å²) < 4.78 is 6.92. The Hall–Kier alpha value is -2.04. The molecule has 1 saturated heterocycles. The van der Waals surface area contributed by atoms with Gasteiger partial charge in [0.15, 0.2) is 0 Å². The Morgan fingerprint density at radius 1 is 0.929 bits per heavy atom. The smallest absolute Gasteiger partial charge is 0.119 e. The summed E-state index contributed by atoms with van der Waals surface area (Å²) in [6.45, 7) is 4.19. The van der Waals surface area contributed by atoms with Crippen molar-refractivity contribution in [3.63, 3.8) is 0 Å². The minimum absolute atomic E-state index is 0.557. The number of nitrogens with one attached hydrogen (secondary N) is 1. The molecule has 0 amide bonds. The number of hydrogen-bond donors (Lipinski definition) is 1. The number of benzene rings is 3. The average molecular weight is 439 g/mol. The molecule has 1 aliphatic heterocycles. The van der Waals surface area contributed by atoms with Crippen LogP contribution in [0, 0.1) is 0 Å². The summed E-state index contributed by atoms with van der Waals surface area (Å²) in [6, 6.07) is 23.7. The molecule has 3 nitrogen and oxygen atoms in total. The third-order valence-corrected chi connectivity index (χ3v) is 5.97. The highest BCUT2D eigenvalue weighted by atomic mass is 79.9. The number of rotatable bonds is 7. The zero-order chi connectivity index (χ0) is 19.2. The second-order valence-electron chi connectivity index (χ2n) is 7.44. The molecule has 1 heterocycles. The van der Waals surface area contributed by atoms with Crippen molar-refractivity contribution >= 4 is 32.4 Å². The summed E-state index contributed by atoms with van der Waals surface area (Å²) in [7, 11) is 0. The Morgan fingerprint density at radius 3 is 2.50 bits per heavy atom. The van der Waals surface area contributed by atoms with Gasteiger partial charge in [-0.1, -0.05) is 52.3 Å². The second-order valence-corrected chi connectivity index (χ2v) is 8.36. The molecule has 146 valence electrons. The van der Waals surface area contributed by atoms with Crippen LogP contribution in [0.3, 0.4) is 0 Å². The van der Waals surface area contributed by atoms with Gasteiger partial charge >= 0.3 is 0 Å². The highest BCUT2D eigenvalue weighted by molar-refractivity contribution is 9.10. The highest BCUT2D eigenvalue weighted by Crippen LogP contribution is 2.25. The van der Waals surface area contributed by atoms with E-state index in [2.05, 4.69) is 68.6 Å². The van der Waals surface area contributed by atoms with Gasteiger partial charge in [0.05, 0.1) is 6.61 Å². The molecule has 4 heteroatoms. The molecule has 1 N–H and O–H groups in total. The molecule has 0 unspecified atom stereocenters. The molecule has 0 saturated carbocycles. The first-order chi connectivity index (χ1) is 13.8. The molecule has 0 spiro atoms. The molecule has 4 rings (SSSR count). The summed E-state index contributed by atoms with van der Waals surface area (Å²) in [5.74, 6) is 0.946. The minimum atomic E-state index is 0.557. The standard InChI is InChI=1S/C24H27BrN2O/c25-20-9-11-22(12-10-20)28-18-4-15-27-16-13-21(14-17-27)26-24-8-3-6-19-5-1-2-7-23(19)24/h1-3,5-12,21,26H,4,13-18H2. The number of ether oxygens (including phenoxy) is 1. The zero-order valence-corrected chi connectivity index (χ0v) is 17.7. The van der Waals surface area contributed by atoms with Gasteiger partial charge in [-0.3, -0.25) is 0 Å². The first-order valence-electron chi connectivity index (χ1n) is 10.1. The predicted molar refractivity (Wildman–Crippen MR) is 121 cm³/mol. The molecule has 0 radical (unpaired) electrons. The zero-order valence-electron chi connectivity index (χ0n) is 16.1. The van der Waals surface area contributed by atoms with Gasteiger partial charge in [0.1, 0.15) is 5.75 Å². The maximum atomic E-state index is 5.83. The lowest BCUT2D eigenvalue weighted by Crippen LogP contribution is -2.39. The van der Waals surface area contributed by atoms with Crippen molar-refractivity contribution in [1.82, 2.24) is 4.90 Å². The van der Waals surface area contributed by atoms with Crippen LogP contribution in [0.15, 0.2) is 71.2 Å². The first kappa shape index (κ1) is 19.3. The average Bonchev–Trinajstić information content (AvgIpc) is 2.74. The maximum absolute atomic E-state index is 5.83. The molecule has 3 aromatic carbocycles. The summed E-state index contributed by atoms with van der Waals surface area (Å²) in [5, 5.41) is 6.40. The largest absolute Gasteiger partial charge is 0.494 e. The molecular formula is C24H27BrN2O. The van der Waals surface area contributed by atoms with Crippen LogP contribution in [0.4, 0.5) is 5.69 Å². The third-order valence-electron chi connectivity index (χ3n) is 5.44. The van der Waals surface area contributed by atoms with Crippen LogP contribution >= 0.6 is 15.9 Å². The van der Waals surface area contributed by atoms with Crippen molar-refractivity contribution in [1.29, 1.82) is 0 Å². The number of nitrogens with zero attached hydrogens (tertiary/aromatic N) is 1. The maximum Gasteiger partial charge on any atom is 0.119 e. The van der Waals surface area contributed by atoms with Crippen LogP contribution < -0.4 is 10.1 Å². The van der Waals surface area contributed by atoms with Crippen molar-refractivity contribution in [2.75, 3.05) is 31.6 Å². The molecule has 0 aliphatic carbocycles. The molecule has 3 aromatic rings. The quantitative estimate of drug-likeness (QED) is 0.461. The van der Waals surface area contributed by atoms with Gasteiger partial charge in [-0.2, -0.15) is 0 Å². The fraction of sp³-hybridized carbons (Fsp3) is 0.333. The normalized spacial score (nSPS) is 15.6. The Bertz CT molecular complexity index is 883. The van der Waals surface area contributed by atoms with Gasteiger partial charge < -0.3 is 15.0 Å². The summed E-state index contributed by atoms with van der Waals surface area (Å²) in [5.41, 5.74) is 1.26. The number of halogens is 1. The van der Waals surface area contributed by atoms with E-state index in [1.165, 1.54) is 29.3 Å². The van der Waals surface area contributed by atoms with Gasteiger partial charge in [-0.25, -0.2) is 0 Å². The predicted octanol–water partition coefficient (Wildman–Crippen LogP) is 5.95. The SMILES string of the molecule is Brc1ccc(OCCCN2CCC(Nc3cccc4ccccc34)CC2)cc1. The van der Waals surface area contributed by atoms with Gasteiger partial charge in [0, 0.05) is 41.2 Å². The highest BCUT2D eigenvalue weighted by Gasteiger charge is 2.19. The van der Waals surface area contributed by atoms with Crippen LogP contribution in [0.2, 0.25) is 0 Å².